The van der Waals surface area contributed by atoms with E-state index >= 15 is 0 Å². The van der Waals surface area contributed by atoms with Gasteiger partial charge in [0.2, 0.25) is 5.91 Å². The van der Waals surface area contributed by atoms with Crippen LogP contribution in [0.15, 0.2) is 24.3 Å². The van der Waals surface area contributed by atoms with Crippen molar-refractivity contribution in [3.63, 3.8) is 0 Å². The van der Waals surface area contributed by atoms with E-state index in [1.54, 1.807) is 4.90 Å². The number of alkyl carbamates (subject to hydrolysis) is 1. The standard InChI is InChI=1S/C26H40N2O6/c1-16(2)13-21(27-26(32)34-19-11-12-33-15-19)22(29)9-10-24(31)28(17(3)4)25-20-8-6-5-7-18(20)14-23(25)30/h5-8,16-17,19,21-23,25,29-30H,9-15H2,1-4H3,(H,27,32)/t19-,21-,22-,23+,25-/m0/s1. The van der Waals surface area contributed by atoms with E-state index in [0.29, 0.717) is 32.5 Å². The zero-order valence-corrected chi connectivity index (χ0v) is 20.8. The molecule has 1 heterocycles. The molecule has 190 valence electrons. The van der Waals surface area contributed by atoms with Gasteiger partial charge in [0.1, 0.15) is 6.10 Å². The van der Waals surface area contributed by atoms with Crippen molar-refractivity contribution < 1.29 is 29.3 Å². The Balaban J connectivity index is 1.62. The monoisotopic (exact) mass is 476 g/mol. The summed E-state index contributed by atoms with van der Waals surface area (Å²) in [5.41, 5.74) is 2.04. The number of carbonyl (C=O) groups is 2. The van der Waals surface area contributed by atoms with Crippen LogP contribution in [0.2, 0.25) is 0 Å². The summed E-state index contributed by atoms with van der Waals surface area (Å²) in [6.07, 6.45) is -0.307. The number of aliphatic hydroxyl groups is 2. The lowest BCUT2D eigenvalue weighted by Crippen LogP contribution is -2.47. The van der Waals surface area contributed by atoms with Crippen LogP contribution in [-0.4, -0.2) is 70.7 Å². The fraction of sp³-hybridized carbons (Fsp3) is 0.692. The molecule has 1 aliphatic heterocycles. The SMILES string of the molecule is CC(C)C[C@H](NC(=O)O[C@H]1CCOC1)[C@@H](O)CCC(=O)N(C(C)C)[C@H]1c2ccccc2C[C@H]1O. The molecule has 0 radical (unpaired) electrons. The summed E-state index contributed by atoms with van der Waals surface area (Å²) < 4.78 is 10.6. The summed E-state index contributed by atoms with van der Waals surface area (Å²) in [5.74, 6) is 0.117. The highest BCUT2D eigenvalue weighted by Gasteiger charge is 2.39. The summed E-state index contributed by atoms with van der Waals surface area (Å²) in [7, 11) is 0. The van der Waals surface area contributed by atoms with E-state index in [0.717, 1.165) is 11.1 Å². The molecule has 0 aromatic heterocycles. The fourth-order valence-electron chi connectivity index (χ4n) is 5.02. The molecule has 0 bridgehead atoms. The van der Waals surface area contributed by atoms with Crippen LogP contribution in [0.3, 0.4) is 0 Å². The second kappa shape index (κ2) is 12.0. The normalized spacial score (nSPS) is 23.6. The van der Waals surface area contributed by atoms with E-state index < -0.39 is 30.4 Å². The van der Waals surface area contributed by atoms with Gasteiger partial charge in [-0.1, -0.05) is 38.1 Å². The molecule has 1 aromatic carbocycles. The third-order valence-corrected chi connectivity index (χ3v) is 6.62. The number of nitrogens with one attached hydrogen (secondary N) is 1. The van der Waals surface area contributed by atoms with Crippen molar-refractivity contribution >= 4 is 12.0 Å². The predicted molar refractivity (Wildman–Crippen MR) is 128 cm³/mol. The molecule has 0 spiro atoms. The van der Waals surface area contributed by atoms with E-state index in [4.69, 9.17) is 9.47 Å². The first-order chi connectivity index (χ1) is 16.2. The van der Waals surface area contributed by atoms with E-state index in [9.17, 15) is 19.8 Å². The molecule has 0 saturated carbocycles. The van der Waals surface area contributed by atoms with Crippen LogP contribution in [0.1, 0.15) is 70.5 Å². The first-order valence-corrected chi connectivity index (χ1v) is 12.5. The van der Waals surface area contributed by atoms with Crippen molar-refractivity contribution in [1.82, 2.24) is 10.2 Å². The third-order valence-electron chi connectivity index (χ3n) is 6.62. The number of aliphatic hydroxyl groups excluding tert-OH is 2. The molecule has 2 amide bonds. The zero-order chi connectivity index (χ0) is 24.8. The number of nitrogens with zero attached hydrogens (tertiary/aromatic N) is 1. The fourth-order valence-corrected chi connectivity index (χ4v) is 5.02. The van der Waals surface area contributed by atoms with Gasteiger partial charge in [-0.15, -0.1) is 0 Å². The number of benzene rings is 1. The van der Waals surface area contributed by atoms with Crippen LogP contribution < -0.4 is 5.32 Å². The van der Waals surface area contributed by atoms with Crippen molar-refractivity contribution in [3.05, 3.63) is 35.4 Å². The van der Waals surface area contributed by atoms with Gasteiger partial charge in [0.15, 0.2) is 0 Å². The molecular weight excluding hydrogens is 436 g/mol. The Morgan fingerprint density at radius 3 is 2.62 bits per heavy atom. The number of carbonyl (C=O) groups excluding carboxylic acids is 2. The molecule has 2 aliphatic rings. The maximum Gasteiger partial charge on any atom is 0.407 e. The average molecular weight is 477 g/mol. The Labute approximate surface area is 202 Å². The van der Waals surface area contributed by atoms with Crippen LogP contribution in [0, 0.1) is 5.92 Å². The molecule has 1 saturated heterocycles. The number of hydrogen-bond donors (Lipinski definition) is 3. The van der Waals surface area contributed by atoms with Gasteiger partial charge in [-0.2, -0.15) is 0 Å². The lowest BCUT2D eigenvalue weighted by molar-refractivity contribution is -0.139. The third kappa shape index (κ3) is 6.71. The Morgan fingerprint density at radius 1 is 1.24 bits per heavy atom. The number of hydrogen-bond acceptors (Lipinski definition) is 6. The van der Waals surface area contributed by atoms with Gasteiger partial charge in [0.25, 0.3) is 0 Å². The second-order valence-electron chi connectivity index (χ2n) is 10.2. The molecule has 1 fully saturated rings. The van der Waals surface area contributed by atoms with Crippen molar-refractivity contribution in [2.45, 2.75) is 96.2 Å². The number of ether oxygens (including phenoxy) is 2. The van der Waals surface area contributed by atoms with Gasteiger partial charge in [-0.3, -0.25) is 4.79 Å². The first-order valence-electron chi connectivity index (χ1n) is 12.5. The Morgan fingerprint density at radius 2 is 1.97 bits per heavy atom. The molecule has 1 aromatic rings. The first kappa shape index (κ1) is 26.4. The van der Waals surface area contributed by atoms with E-state index in [1.165, 1.54) is 0 Å². The molecule has 8 heteroatoms. The van der Waals surface area contributed by atoms with Crippen molar-refractivity contribution in [3.8, 4) is 0 Å². The highest BCUT2D eigenvalue weighted by Crippen LogP contribution is 2.37. The summed E-state index contributed by atoms with van der Waals surface area (Å²) in [4.78, 5) is 27.4. The summed E-state index contributed by atoms with van der Waals surface area (Å²) >= 11 is 0. The molecule has 5 atom stereocenters. The maximum atomic E-state index is 13.3. The van der Waals surface area contributed by atoms with Gasteiger partial charge in [0, 0.05) is 25.3 Å². The number of amides is 2. The van der Waals surface area contributed by atoms with Crippen LogP contribution in [0.4, 0.5) is 4.79 Å². The minimum atomic E-state index is -0.895. The predicted octanol–water partition coefficient (Wildman–Crippen LogP) is 2.95. The Bertz CT molecular complexity index is 823. The van der Waals surface area contributed by atoms with Crippen LogP contribution in [0.5, 0.6) is 0 Å². The highest BCUT2D eigenvalue weighted by atomic mass is 16.6. The molecule has 1 aliphatic carbocycles. The summed E-state index contributed by atoms with van der Waals surface area (Å²) in [6.45, 7) is 8.87. The van der Waals surface area contributed by atoms with Crippen LogP contribution in [0.25, 0.3) is 0 Å². The van der Waals surface area contributed by atoms with Gasteiger partial charge in [0.05, 0.1) is 37.5 Å². The molecule has 0 unspecified atom stereocenters. The van der Waals surface area contributed by atoms with E-state index in [1.807, 2.05) is 52.0 Å². The minimum Gasteiger partial charge on any atom is -0.444 e. The largest absolute Gasteiger partial charge is 0.444 e. The smallest absolute Gasteiger partial charge is 0.407 e. The van der Waals surface area contributed by atoms with Gasteiger partial charge in [-0.25, -0.2) is 4.79 Å². The maximum absolute atomic E-state index is 13.3. The second-order valence-corrected chi connectivity index (χ2v) is 10.2. The molecule has 34 heavy (non-hydrogen) atoms. The van der Waals surface area contributed by atoms with Crippen molar-refractivity contribution in [2.75, 3.05) is 13.2 Å². The lowest BCUT2D eigenvalue weighted by Gasteiger charge is -2.36. The quantitative estimate of drug-likeness (QED) is 0.479. The van der Waals surface area contributed by atoms with Gasteiger partial charge < -0.3 is 29.9 Å². The molecule has 8 nitrogen and oxygen atoms in total. The highest BCUT2D eigenvalue weighted by molar-refractivity contribution is 5.77. The number of fused-ring (bicyclic) bond motifs is 1. The number of rotatable bonds is 10. The molecule has 3 rings (SSSR count). The van der Waals surface area contributed by atoms with Gasteiger partial charge in [-0.05, 0) is 43.7 Å². The zero-order valence-electron chi connectivity index (χ0n) is 20.8. The Kier molecular flexibility index (Phi) is 9.33. The summed E-state index contributed by atoms with van der Waals surface area (Å²) in [5, 5.41) is 24.4. The Hall–Kier alpha value is -2.16. The topological polar surface area (TPSA) is 108 Å². The van der Waals surface area contributed by atoms with E-state index in [-0.39, 0.29) is 36.8 Å². The molecular formula is C26H40N2O6. The average Bonchev–Trinajstić information content (AvgIpc) is 3.38. The van der Waals surface area contributed by atoms with Crippen molar-refractivity contribution in [1.29, 1.82) is 0 Å². The lowest BCUT2D eigenvalue weighted by atomic mass is 9.96. The van der Waals surface area contributed by atoms with Gasteiger partial charge >= 0.3 is 6.09 Å². The summed E-state index contributed by atoms with van der Waals surface area (Å²) in [6, 6.07) is 6.81. The van der Waals surface area contributed by atoms with E-state index in [2.05, 4.69) is 5.32 Å². The van der Waals surface area contributed by atoms with Crippen LogP contribution in [-0.2, 0) is 20.7 Å². The van der Waals surface area contributed by atoms with Crippen molar-refractivity contribution in [2.24, 2.45) is 5.92 Å². The molecule has 3 N–H and O–H groups in total. The minimum absolute atomic E-state index is 0.108. The van der Waals surface area contributed by atoms with Crippen LogP contribution >= 0.6 is 0 Å².